The maximum atomic E-state index is 13.9. The van der Waals surface area contributed by atoms with E-state index in [4.69, 9.17) is 9.72 Å². The summed E-state index contributed by atoms with van der Waals surface area (Å²) in [6.45, 7) is 4.75. The molecule has 180 valence electrons. The molecule has 4 aromatic rings. The average Bonchev–Trinajstić information content (AvgIpc) is 2.89. The van der Waals surface area contributed by atoms with Crippen LogP contribution in [0.15, 0.2) is 83.7 Å². The number of nitrogens with zero attached hydrogens (tertiary/aromatic N) is 3. The first-order valence-electron chi connectivity index (χ1n) is 11.8. The van der Waals surface area contributed by atoms with Crippen LogP contribution < -0.4 is 15.6 Å². The number of carbonyl (C=O) groups is 1. The second-order valence-corrected chi connectivity index (χ2v) is 8.17. The molecule has 0 bridgehead atoms. The number of amides is 2. The third kappa shape index (κ3) is 4.89. The molecule has 0 saturated heterocycles. The Balaban J connectivity index is 1.97. The first-order valence-corrected chi connectivity index (χ1v) is 11.8. The normalized spacial score (nSPS) is 11.7. The molecular formula is C28H30N4O3. The number of nitrogens with one attached hydrogen (secondary N) is 1. The number of methoxy groups -OCH3 is 1. The van der Waals surface area contributed by atoms with Gasteiger partial charge < -0.3 is 15.0 Å². The Morgan fingerprint density at radius 3 is 2.40 bits per heavy atom. The summed E-state index contributed by atoms with van der Waals surface area (Å²) < 4.78 is 7.19. The zero-order valence-electron chi connectivity index (χ0n) is 20.3. The third-order valence-corrected chi connectivity index (χ3v) is 5.97. The van der Waals surface area contributed by atoms with Gasteiger partial charge in [-0.1, -0.05) is 61.5 Å². The number of para-hydroxylation sites is 3. The number of benzene rings is 3. The SMILES string of the molecule is CCNC(=O)N(Cc1ccccc1)C(CC)c1nc2ccccc2c(=O)n1-c1ccccc1OC. The van der Waals surface area contributed by atoms with E-state index in [1.807, 2.05) is 86.6 Å². The molecule has 1 N–H and O–H groups in total. The van der Waals surface area contributed by atoms with Crippen LogP contribution in [0.1, 0.15) is 37.7 Å². The zero-order chi connectivity index (χ0) is 24.8. The van der Waals surface area contributed by atoms with E-state index < -0.39 is 6.04 Å². The van der Waals surface area contributed by atoms with E-state index in [2.05, 4.69) is 5.32 Å². The highest BCUT2D eigenvalue weighted by molar-refractivity contribution is 5.78. The predicted octanol–water partition coefficient (Wildman–Crippen LogP) is 5.08. The molecule has 0 aliphatic heterocycles. The lowest BCUT2D eigenvalue weighted by molar-refractivity contribution is 0.164. The van der Waals surface area contributed by atoms with Crippen molar-refractivity contribution < 1.29 is 9.53 Å². The van der Waals surface area contributed by atoms with E-state index in [0.29, 0.717) is 47.7 Å². The molecule has 0 aliphatic rings. The summed E-state index contributed by atoms with van der Waals surface area (Å²) in [5, 5.41) is 3.44. The van der Waals surface area contributed by atoms with Gasteiger partial charge in [-0.2, -0.15) is 0 Å². The zero-order valence-corrected chi connectivity index (χ0v) is 20.3. The molecule has 1 unspecified atom stereocenters. The van der Waals surface area contributed by atoms with Crippen molar-refractivity contribution in [3.63, 3.8) is 0 Å². The summed E-state index contributed by atoms with van der Waals surface area (Å²) in [6, 6.07) is 23.8. The lowest BCUT2D eigenvalue weighted by atomic mass is 10.1. The molecule has 35 heavy (non-hydrogen) atoms. The van der Waals surface area contributed by atoms with Crippen LogP contribution in [0.4, 0.5) is 4.79 Å². The van der Waals surface area contributed by atoms with Crippen molar-refractivity contribution in [1.82, 2.24) is 19.8 Å². The van der Waals surface area contributed by atoms with Gasteiger partial charge in [-0.05, 0) is 43.2 Å². The topological polar surface area (TPSA) is 76.5 Å². The molecule has 0 radical (unpaired) electrons. The van der Waals surface area contributed by atoms with Crippen LogP contribution >= 0.6 is 0 Å². The van der Waals surface area contributed by atoms with Gasteiger partial charge in [0.05, 0.1) is 29.7 Å². The highest BCUT2D eigenvalue weighted by Gasteiger charge is 2.29. The van der Waals surface area contributed by atoms with Gasteiger partial charge in [0.25, 0.3) is 5.56 Å². The first-order chi connectivity index (χ1) is 17.1. The largest absolute Gasteiger partial charge is 0.495 e. The number of carbonyl (C=O) groups excluding carboxylic acids is 1. The van der Waals surface area contributed by atoms with Crippen LogP contribution in [0.25, 0.3) is 16.6 Å². The van der Waals surface area contributed by atoms with E-state index in [1.54, 1.807) is 22.6 Å². The Labute approximate surface area is 205 Å². The molecule has 0 fully saturated rings. The fourth-order valence-electron chi connectivity index (χ4n) is 4.32. The summed E-state index contributed by atoms with van der Waals surface area (Å²) in [6.07, 6.45) is 0.559. The minimum absolute atomic E-state index is 0.205. The van der Waals surface area contributed by atoms with E-state index >= 15 is 0 Å². The summed E-state index contributed by atoms with van der Waals surface area (Å²) in [7, 11) is 1.58. The van der Waals surface area contributed by atoms with E-state index in [0.717, 1.165) is 5.56 Å². The maximum absolute atomic E-state index is 13.9. The van der Waals surface area contributed by atoms with Gasteiger partial charge in [-0.25, -0.2) is 9.78 Å². The Kier molecular flexibility index (Phi) is 7.45. The van der Waals surface area contributed by atoms with Crippen molar-refractivity contribution in [1.29, 1.82) is 0 Å². The summed E-state index contributed by atoms with van der Waals surface area (Å²) in [4.78, 5) is 33.9. The lowest BCUT2D eigenvalue weighted by Gasteiger charge is -2.32. The van der Waals surface area contributed by atoms with Gasteiger partial charge in [0, 0.05) is 13.1 Å². The number of rotatable bonds is 8. The van der Waals surface area contributed by atoms with Gasteiger partial charge >= 0.3 is 6.03 Å². The fraction of sp³-hybridized carbons (Fsp3) is 0.250. The number of aromatic nitrogens is 2. The molecule has 0 spiro atoms. The predicted molar refractivity (Wildman–Crippen MR) is 138 cm³/mol. The lowest BCUT2D eigenvalue weighted by Crippen LogP contribution is -2.43. The second kappa shape index (κ2) is 10.9. The monoisotopic (exact) mass is 470 g/mol. The van der Waals surface area contributed by atoms with Crippen molar-refractivity contribution >= 4 is 16.9 Å². The molecule has 0 saturated carbocycles. The quantitative estimate of drug-likeness (QED) is 0.390. The molecule has 7 nitrogen and oxygen atoms in total. The van der Waals surface area contributed by atoms with Gasteiger partial charge in [-0.3, -0.25) is 9.36 Å². The van der Waals surface area contributed by atoms with E-state index in [-0.39, 0.29) is 11.6 Å². The van der Waals surface area contributed by atoms with E-state index in [1.165, 1.54) is 0 Å². The number of urea groups is 1. The van der Waals surface area contributed by atoms with Crippen LogP contribution in [0, 0.1) is 0 Å². The number of hydrogen-bond acceptors (Lipinski definition) is 4. The molecule has 0 aliphatic carbocycles. The molecule has 3 aromatic carbocycles. The first kappa shape index (κ1) is 24.0. The standard InChI is InChI=1S/C28H30N4O3/c1-4-23(31(28(34)29-5-2)19-20-13-7-6-8-14-20)26-30-22-16-10-9-15-21(22)27(33)32(26)24-17-11-12-18-25(24)35-3/h6-18,23H,4-5,19H2,1-3H3,(H,29,34). The number of fused-ring (bicyclic) bond motifs is 1. The third-order valence-electron chi connectivity index (χ3n) is 5.97. The van der Waals surface area contributed by atoms with Crippen molar-refractivity contribution in [3.05, 3.63) is 101 Å². The van der Waals surface area contributed by atoms with Crippen molar-refractivity contribution in [2.24, 2.45) is 0 Å². The van der Waals surface area contributed by atoms with Crippen molar-refractivity contribution in [2.75, 3.05) is 13.7 Å². The number of ether oxygens (including phenoxy) is 1. The van der Waals surface area contributed by atoms with Crippen molar-refractivity contribution in [3.8, 4) is 11.4 Å². The van der Waals surface area contributed by atoms with Gasteiger partial charge in [0.15, 0.2) is 0 Å². The molecule has 1 heterocycles. The highest BCUT2D eigenvalue weighted by atomic mass is 16.5. The smallest absolute Gasteiger partial charge is 0.318 e. The Bertz CT molecular complexity index is 1370. The van der Waals surface area contributed by atoms with Crippen molar-refractivity contribution in [2.45, 2.75) is 32.9 Å². The van der Waals surface area contributed by atoms with Gasteiger partial charge in [-0.15, -0.1) is 0 Å². The molecule has 7 heteroatoms. The Morgan fingerprint density at radius 2 is 1.69 bits per heavy atom. The maximum Gasteiger partial charge on any atom is 0.318 e. The van der Waals surface area contributed by atoms with Gasteiger partial charge in [0.1, 0.15) is 11.6 Å². The second-order valence-electron chi connectivity index (χ2n) is 8.17. The molecule has 4 rings (SSSR count). The van der Waals surface area contributed by atoms with Crippen LogP contribution in [-0.4, -0.2) is 34.1 Å². The molecule has 1 aromatic heterocycles. The summed E-state index contributed by atoms with van der Waals surface area (Å²) >= 11 is 0. The van der Waals surface area contributed by atoms with Gasteiger partial charge in [0.2, 0.25) is 0 Å². The average molecular weight is 471 g/mol. The molecular weight excluding hydrogens is 440 g/mol. The fourth-order valence-corrected chi connectivity index (χ4v) is 4.32. The Morgan fingerprint density at radius 1 is 1.00 bits per heavy atom. The van der Waals surface area contributed by atoms with Crippen LogP contribution in [0.3, 0.4) is 0 Å². The molecule has 2 amide bonds. The van der Waals surface area contributed by atoms with Crippen LogP contribution in [0.5, 0.6) is 5.75 Å². The van der Waals surface area contributed by atoms with E-state index in [9.17, 15) is 9.59 Å². The summed E-state index contributed by atoms with van der Waals surface area (Å²) in [5.74, 6) is 1.04. The minimum Gasteiger partial charge on any atom is -0.495 e. The Hall–Kier alpha value is -4.13. The number of hydrogen-bond donors (Lipinski definition) is 1. The van der Waals surface area contributed by atoms with Crippen LogP contribution in [0.2, 0.25) is 0 Å². The highest BCUT2D eigenvalue weighted by Crippen LogP contribution is 2.30. The molecule has 1 atom stereocenters. The summed E-state index contributed by atoms with van der Waals surface area (Å²) in [5.41, 5.74) is 1.96. The van der Waals surface area contributed by atoms with Crippen LogP contribution in [-0.2, 0) is 6.54 Å². The minimum atomic E-state index is -0.469.